The number of hydrogen-bond donors (Lipinski definition) is 2. The van der Waals surface area contributed by atoms with Gasteiger partial charge in [-0.25, -0.2) is 0 Å². The van der Waals surface area contributed by atoms with E-state index in [0.717, 1.165) is 13.1 Å². The van der Waals surface area contributed by atoms with Crippen molar-refractivity contribution in [2.45, 2.75) is 39.2 Å². The zero-order valence-electron chi connectivity index (χ0n) is 11.9. The second-order valence-electron chi connectivity index (χ2n) is 5.70. The molecule has 0 saturated carbocycles. The minimum absolute atomic E-state index is 0.0340. The lowest BCUT2D eigenvalue weighted by Gasteiger charge is -2.32. The standard InChI is InChI=1S/C13H27N3O2/c1-11-5-4-6-16(9-11)12(14)15-10-13(2,3)18-8-7-17/h11,17H,4-10H2,1-3H3,(H2,14,15). The number of aliphatic hydroxyl groups excluding tert-OH is 1. The van der Waals surface area contributed by atoms with Crippen molar-refractivity contribution in [2.24, 2.45) is 16.6 Å². The molecule has 1 aliphatic rings. The van der Waals surface area contributed by atoms with Crippen molar-refractivity contribution in [1.82, 2.24) is 4.90 Å². The first-order valence-corrected chi connectivity index (χ1v) is 6.74. The van der Waals surface area contributed by atoms with E-state index in [9.17, 15) is 0 Å². The summed E-state index contributed by atoms with van der Waals surface area (Å²) in [5.74, 6) is 1.30. The Labute approximate surface area is 110 Å². The van der Waals surface area contributed by atoms with Gasteiger partial charge in [-0.2, -0.15) is 0 Å². The number of nitrogens with two attached hydrogens (primary N) is 1. The van der Waals surface area contributed by atoms with E-state index in [1.165, 1.54) is 12.8 Å². The molecule has 5 heteroatoms. The van der Waals surface area contributed by atoms with Crippen LogP contribution in [0.15, 0.2) is 4.99 Å². The molecule has 1 saturated heterocycles. The van der Waals surface area contributed by atoms with Crippen LogP contribution in [0.3, 0.4) is 0 Å². The van der Waals surface area contributed by atoms with Crippen LogP contribution in [0.5, 0.6) is 0 Å². The molecule has 106 valence electrons. The molecule has 0 aromatic carbocycles. The van der Waals surface area contributed by atoms with Crippen LogP contribution >= 0.6 is 0 Å². The topological polar surface area (TPSA) is 71.1 Å². The fraction of sp³-hybridized carbons (Fsp3) is 0.923. The monoisotopic (exact) mass is 257 g/mol. The fourth-order valence-corrected chi connectivity index (χ4v) is 2.14. The van der Waals surface area contributed by atoms with Gasteiger partial charge in [0.15, 0.2) is 5.96 Å². The molecule has 3 N–H and O–H groups in total. The average molecular weight is 257 g/mol. The van der Waals surface area contributed by atoms with Crippen LogP contribution < -0.4 is 5.73 Å². The first-order chi connectivity index (χ1) is 8.44. The number of piperidine rings is 1. The normalized spacial score (nSPS) is 22.3. The smallest absolute Gasteiger partial charge is 0.191 e. The highest BCUT2D eigenvalue weighted by molar-refractivity contribution is 5.78. The largest absolute Gasteiger partial charge is 0.394 e. The number of hydrogen-bond acceptors (Lipinski definition) is 3. The molecule has 0 bridgehead atoms. The number of aliphatic hydroxyl groups is 1. The Morgan fingerprint density at radius 3 is 2.89 bits per heavy atom. The molecular formula is C13H27N3O2. The highest BCUT2D eigenvalue weighted by atomic mass is 16.5. The summed E-state index contributed by atoms with van der Waals surface area (Å²) < 4.78 is 5.51. The Kier molecular flexibility index (Phi) is 5.88. The van der Waals surface area contributed by atoms with Gasteiger partial charge in [-0.3, -0.25) is 4.99 Å². The highest BCUT2D eigenvalue weighted by Gasteiger charge is 2.20. The minimum atomic E-state index is -0.380. The van der Waals surface area contributed by atoms with E-state index < -0.39 is 0 Å². The molecule has 5 nitrogen and oxygen atoms in total. The molecule has 1 fully saturated rings. The molecule has 1 heterocycles. The predicted molar refractivity (Wildman–Crippen MR) is 73.6 cm³/mol. The van der Waals surface area contributed by atoms with Crippen molar-refractivity contribution in [3.05, 3.63) is 0 Å². The van der Waals surface area contributed by atoms with Crippen LogP contribution in [0, 0.1) is 5.92 Å². The average Bonchev–Trinajstić information content (AvgIpc) is 2.34. The Morgan fingerprint density at radius 1 is 1.56 bits per heavy atom. The predicted octanol–water partition coefficient (Wildman–Crippen LogP) is 0.821. The van der Waals surface area contributed by atoms with Gasteiger partial charge < -0.3 is 20.5 Å². The van der Waals surface area contributed by atoms with Gasteiger partial charge in [-0.05, 0) is 32.6 Å². The van der Waals surface area contributed by atoms with E-state index in [2.05, 4.69) is 16.8 Å². The Bertz CT molecular complexity index is 279. The van der Waals surface area contributed by atoms with Crippen LogP contribution in [0.1, 0.15) is 33.6 Å². The first-order valence-electron chi connectivity index (χ1n) is 6.74. The van der Waals surface area contributed by atoms with Crippen molar-refractivity contribution >= 4 is 5.96 Å². The maximum Gasteiger partial charge on any atom is 0.191 e. The van der Waals surface area contributed by atoms with Crippen molar-refractivity contribution in [2.75, 3.05) is 32.8 Å². The van der Waals surface area contributed by atoms with Crippen LogP contribution in [-0.4, -0.2) is 54.4 Å². The van der Waals surface area contributed by atoms with Crippen molar-refractivity contribution < 1.29 is 9.84 Å². The minimum Gasteiger partial charge on any atom is -0.394 e. The Hall–Kier alpha value is -0.810. The lowest BCUT2D eigenvalue weighted by molar-refractivity contribution is -0.0262. The number of aliphatic imine (C=N–C) groups is 1. The second kappa shape index (κ2) is 6.95. The lowest BCUT2D eigenvalue weighted by Crippen LogP contribution is -2.44. The maximum atomic E-state index is 8.75. The third kappa shape index (κ3) is 5.23. The molecular weight excluding hydrogens is 230 g/mol. The molecule has 0 aromatic heterocycles. The van der Waals surface area contributed by atoms with Crippen LogP contribution in [0.2, 0.25) is 0 Å². The van der Waals surface area contributed by atoms with E-state index in [1.54, 1.807) is 0 Å². The van der Waals surface area contributed by atoms with Gasteiger partial charge in [0.1, 0.15) is 0 Å². The summed E-state index contributed by atoms with van der Waals surface area (Å²) in [6.45, 7) is 9.04. The highest BCUT2D eigenvalue weighted by Crippen LogP contribution is 2.15. The van der Waals surface area contributed by atoms with Gasteiger partial charge in [-0.15, -0.1) is 0 Å². The van der Waals surface area contributed by atoms with Gasteiger partial charge in [0.2, 0.25) is 0 Å². The van der Waals surface area contributed by atoms with Gasteiger partial charge >= 0.3 is 0 Å². The summed E-state index contributed by atoms with van der Waals surface area (Å²) in [6.07, 6.45) is 2.46. The molecule has 18 heavy (non-hydrogen) atoms. The molecule has 1 rings (SSSR count). The zero-order chi connectivity index (χ0) is 13.6. The summed E-state index contributed by atoms with van der Waals surface area (Å²) >= 11 is 0. The number of ether oxygens (including phenoxy) is 1. The summed E-state index contributed by atoms with van der Waals surface area (Å²) in [5, 5.41) is 8.75. The second-order valence-corrected chi connectivity index (χ2v) is 5.70. The molecule has 0 radical (unpaired) electrons. The third-order valence-corrected chi connectivity index (χ3v) is 3.19. The lowest BCUT2D eigenvalue weighted by atomic mass is 10.0. The van der Waals surface area contributed by atoms with Crippen molar-refractivity contribution in [1.29, 1.82) is 0 Å². The van der Waals surface area contributed by atoms with Gasteiger partial charge in [0.05, 0.1) is 25.4 Å². The molecule has 0 aliphatic carbocycles. The van der Waals surface area contributed by atoms with Crippen molar-refractivity contribution in [3.63, 3.8) is 0 Å². The van der Waals surface area contributed by atoms with Crippen LogP contribution in [0.4, 0.5) is 0 Å². The van der Waals surface area contributed by atoms with E-state index in [-0.39, 0.29) is 12.2 Å². The number of likely N-dealkylation sites (tertiary alicyclic amines) is 1. The molecule has 1 aliphatic heterocycles. The summed E-state index contributed by atoms with van der Waals surface area (Å²) in [5.41, 5.74) is 5.64. The van der Waals surface area contributed by atoms with Crippen molar-refractivity contribution in [3.8, 4) is 0 Å². The Morgan fingerprint density at radius 2 is 2.28 bits per heavy atom. The number of rotatable bonds is 5. The van der Waals surface area contributed by atoms with E-state index in [0.29, 0.717) is 25.0 Å². The molecule has 0 amide bonds. The third-order valence-electron chi connectivity index (χ3n) is 3.19. The first kappa shape index (κ1) is 15.2. The SMILES string of the molecule is CC1CCCN(C(N)=NCC(C)(C)OCCO)C1. The molecule has 0 spiro atoms. The maximum absolute atomic E-state index is 8.75. The fourth-order valence-electron chi connectivity index (χ4n) is 2.14. The number of guanidine groups is 1. The quantitative estimate of drug-likeness (QED) is 0.565. The summed E-state index contributed by atoms with van der Waals surface area (Å²) in [4.78, 5) is 6.57. The van der Waals surface area contributed by atoms with E-state index in [4.69, 9.17) is 15.6 Å². The zero-order valence-corrected chi connectivity index (χ0v) is 11.9. The van der Waals surface area contributed by atoms with E-state index >= 15 is 0 Å². The van der Waals surface area contributed by atoms with Gasteiger partial charge in [-0.1, -0.05) is 6.92 Å². The van der Waals surface area contributed by atoms with Gasteiger partial charge in [0, 0.05) is 13.1 Å². The van der Waals surface area contributed by atoms with E-state index in [1.807, 2.05) is 13.8 Å². The molecule has 1 atom stereocenters. The van der Waals surface area contributed by atoms with Gasteiger partial charge in [0.25, 0.3) is 0 Å². The molecule has 0 aromatic rings. The van der Waals surface area contributed by atoms with Crippen LogP contribution in [0.25, 0.3) is 0 Å². The number of nitrogens with zero attached hydrogens (tertiary/aromatic N) is 2. The summed E-state index contributed by atoms with van der Waals surface area (Å²) in [7, 11) is 0. The van der Waals surface area contributed by atoms with Crippen LogP contribution in [-0.2, 0) is 4.74 Å². The summed E-state index contributed by atoms with van der Waals surface area (Å²) in [6, 6.07) is 0. The Balaban J connectivity index is 2.44. The molecule has 1 unspecified atom stereocenters.